The average molecular weight is 230 g/mol. The van der Waals surface area contributed by atoms with E-state index in [1.807, 2.05) is 0 Å². The number of carbonyl (C=O) groups excluding carboxylic acids is 1. The lowest BCUT2D eigenvalue weighted by Crippen LogP contribution is -2.17. The number of halogens is 1. The van der Waals surface area contributed by atoms with E-state index in [1.165, 1.54) is 18.3 Å². The van der Waals surface area contributed by atoms with Crippen LogP contribution in [0.4, 0.5) is 4.39 Å². The molecule has 0 aliphatic heterocycles. The number of aromatic nitrogens is 1. The normalized spacial score (nSPS) is 10.0. The zero-order valence-electron chi connectivity index (χ0n) is 9.27. The van der Waals surface area contributed by atoms with Crippen LogP contribution in [0.2, 0.25) is 0 Å². The summed E-state index contributed by atoms with van der Waals surface area (Å²) in [5, 5.41) is 2.52. The molecule has 0 spiro atoms. The number of nitrogens with one attached hydrogen (secondary N) is 1. The molecule has 0 aliphatic rings. The first-order valence-corrected chi connectivity index (χ1v) is 5.15. The average Bonchev–Trinajstić information content (AvgIpc) is 2.39. The number of carbonyl (C=O) groups is 1. The maximum Gasteiger partial charge on any atom is 0.252 e. The van der Waals surface area contributed by atoms with E-state index in [-0.39, 0.29) is 11.7 Å². The highest BCUT2D eigenvalue weighted by atomic mass is 19.1. The van der Waals surface area contributed by atoms with Crippen LogP contribution >= 0.6 is 0 Å². The Labute approximate surface area is 98.3 Å². The second-order valence-corrected chi connectivity index (χ2v) is 3.52. The first-order chi connectivity index (χ1) is 8.20. The van der Waals surface area contributed by atoms with Gasteiger partial charge in [0.25, 0.3) is 5.91 Å². The van der Waals surface area contributed by atoms with Gasteiger partial charge in [0.2, 0.25) is 0 Å². The molecule has 0 saturated heterocycles. The predicted octanol–water partition coefficient (Wildman–Crippen LogP) is 2.25. The molecule has 3 nitrogen and oxygen atoms in total. The van der Waals surface area contributed by atoms with Crippen molar-refractivity contribution in [3.8, 4) is 11.3 Å². The van der Waals surface area contributed by atoms with E-state index in [4.69, 9.17) is 0 Å². The van der Waals surface area contributed by atoms with Gasteiger partial charge in [-0.15, -0.1) is 0 Å². The minimum absolute atomic E-state index is 0.178. The van der Waals surface area contributed by atoms with Crippen molar-refractivity contribution in [2.24, 2.45) is 0 Å². The van der Waals surface area contributed by atoms with E-state index in [1.54, 1.807) is 31.3 Å². The fourth-order valence-electron chi connectivity index (χ4n) is 1.46. The van der Waals surface area contributed by atoms with Crippen LogP contribution in [0.5, 0.6) is 0 Å². The van der Waals surface area contributed by atoms with Gasteiger partial charge in [0.15, 0.2) is 0 Å². The van der Waals surface area contributed by atoms with Gasteiger partial charge < -0.3 is 5.32 Å². The molecule has 1 amide bonds. The van der Waals surface area contributed by atoms with Crippen molar-refractivity contribution >= 4 is 5.91 Å². The molecule has 1 heterocycles. The molecule has 0 aliphatic carbocycles. The van der Waals surface area contributed by atoms with E-state index in [0.717, 1.165) is 5.56 Å². The lowest BCUT2D eigenvalue weighted by Gasteiger charge is -2.02. The SMILES string of the molecule is CNC(=O)c1ccc(-c2ccc(F)cc2)nc1. The number of amides is 1. The minimum atomic E-state index is -0.282. The lowest BCUT2D eigenvalue weighted by molar-refractivity contribution is 0.0963. The molecular weight excluding hydrogens is 219 g/mol. The maximum atomic E-state index is 12.7. The van der Waals surface area contributed by atoms with Crippen molar-refractivity contribution in [3.63, 3.8) is 0 Å². The maximum absolute atomic E-state index is 12.7. The van der Waals surface area contributed by atoms with E-state index in [2.05, 4.69) is 10.3 Å². The minimum Gasteiger partial charge on any atom is -0.355 e. The van der Waals surface area contributed by atoms with Gasteiger partial charge in [-0.1, -0.05) is 0 Å². The van der Waals surface area contributed by atoms with Gasteiger partial charge >= 0.3 is 0 Å². The first kappa shape index (κ1) is 11.3. The van der Waals surface area contributed by atoms with Crippen LogP contribution in [0.25, 0.3) is 11.3 Å². The largest absolute Gasteiger partial charge is 0.355 e. The Morgan fingerprint density at radius 3 is 2.41 bits per heavy atom. The highest BCUT2D eigenvalue weighted by Crippen LogP contribution is 2.17. The number of rotatable bonds is 2. The van der Waals surface area contributed by atoms with Gasteiger partial charge in [-0.3, -0.25) is 9.78 Å². The van der Waals surface area contributed by atoms with Crippen LogP contribution in [0.15, 0.2) is 42.6 Å². The van der Waals surface area contributed by atoms with Gasteiger partial charge in [-0.05, 0) is 36.4 Å². The quantitative estimate of drug-likeness (QED) is 0.859. The van der Waals surface area contributed by atoms with Crippen LogP contribution in [-0.4, -0.2) is 17.9 Å². The van der Waals surface area contributed by atoms with Crippen LogP contribution in [0.1, 0.15) is 10.4 Å². The number of hydrogen-bond acceptors (Lipinski definition) is 2. The molecule has 0 unspecified atom stereocenters. The summed E-state index contributed by atoms with van der Waals surface area (Å²) in [6, 6.07) is 9.48. The molecular formula is C13H11FN2O. The molecule has 1 aromatic heterocycles. The molecule has 4 heteroatoms. The summed E-state index contributed by atoms with van der Waals surface area (Å²) in [7, 11) is 1.57. The van der Waals surface area contributed by atoms with Crippen LogP contribution in [0, 0.1) is 5.82 Å². The molecule has 0 saturated carbocycles. The summed E-state index contributed by atoms with van der Waals surface area (Å²) in [4.78, 5) is 15.5. The summed E-state index contributed by atoms with van der Waals surface area (Å²) < 4.78 is 12.7. The van der Waals surface area contributed by atoms with E-state index >= 15 is 0 Å². The van der Waals surface area contributed by atoms with Crippen molar-refractivity contribution in [2.45, 2.75) is 0 Å². The van der Waals surface area contributed by atoms with Gasteiger partial charge in [-0.2, -0.15) is 0 Å². The third-order valence-corrected chi connectivity index (χ3v) is 2.39. The van der Waals surface area contributed by atoms with Crippen molar-refractivity contribution in [1.29, 1.82) is 0 Å². The Kier molecular flexibility index (Phi) is 3.14. The smallest absolute Gasteiger partial charge is 0.252 e. The molecule has 0 bridgehead atoms. The summed E-state index contributed by atoms with van der Waals surface area (Å²) in [5.41, 5.74) is 2.02. The molecule has 2 rings (SSSR count). The van der Waals surface area contributed by atoms with Gasteiger partial charge in [-0.25, -0.2) is 4.39 Å². The molecule has 0 radical (unpaired) electrons. The second kappa shape index (κ2) is 4.74. The van der Waals surface area contributed by atoms with Gasteiger partial charge in [0.05, 0.1) is 11.3 Å². The number of pyridine rings is 1. The van der Waals surface area contributed by atoms with Gasteiger partial charge in [0.1, 0.15) is 5.82 Å². The predicted molar refractivity (Wildman–Crippen MR) is 63.0 cm³/mol. The fraction of sp³-hybridized carbons (Fsp3) is 0.0769. The fourth-order valence-corrected chi connectivity index (χ4v) is 1.46. The Morgan fingerprint density at radius 1 is 1.18 bits per heavy atom. The van der Waals surface area contributed by atoms with E-state index in [9.17, 15) is 9.18 Å². The van der Waals surface area contributed by atoms with Crippen LogP contribution in [-0.2, 0) is 0 Å². The molecule has 1 N–H and O–H groups in total. The summed E-state index contributed by atoms with van der Waals surface area (Å²) >= 11 is 0. The molecule has 0 fully saturated rings. The summed E-state index contributed by atoms with van der Waals surface area (Å²) in [6.45, 7) is 0. The zero-order valence-corrected chi connectivity index (χ0v) is 9.27. The lowest BCUT2D eigenvalue weighted by atomic mass is 10.1. The third kappa shape index (κ3) is 2.47. The molecule has 86 valence electrons. The molecule has 1 aromatic carbocycles. The Hall–Kier alpha value is -2.23. The molecule has 0 atom stereocenters. The summed E-state index contributed by atoms with van der Waals surface area (Å²) in [5.74, 6) is -0.459. The Balaban J connectivity index is 2.29. The Morgan fingerprint density at radius 2 is 1.88 bits per heavy atom. The summed E-state index contributed by atoms with van der Waals surface area (Å²) in [6.07, 6.45) is 1.50. The van der Waals surface area contributed by atoms with Crippen molar-refractivity contribution < 1.29 is 9.18 Å². The first-order valence-electron chi connectivity index (χ1n) is 5.15. The third-order valence-electron chi connectivity index (χ3n) is 2.39. The highest BCUT2D eigenvalue weighted by Gasteiger charge is 2.04. The molecule has 2 aromatic rings. The van der Waals surface area contributed by atoms with Crippen molar-refractivity contribution in [3.05, 3.63) is 54.0 Å². The number of hydrogen-bond donors (Lipinski definition) is 1. The van der Waals surface area contributed by atoms with E-state index in [0.29, 0.717) is 11.3 Å². The zero-order chi connectivity index (χ0) is 12.3. The topological polar surface area (TPSA) is 42.0 Å². The number of nitrogens with zero attached hydrogens (tertiary/aromatic N) is 1. The molecule has 17 heavy (non-hydrogen) atoms. The van der Waals surface area contributed by atoms with Crippen molar-refractivity contribution in [2.75, 3.05) is 7.05 Å². The monoisotopic (exact) mass is 230 g/mol. The standard InChI is InChI=1S/C13H11FN2O/c1-15-13(17)10-4-7-12(16-8-10)9-2-5-11(14)6-3-9/h2-8H,1H3,(H,15,17). The number of benzene rings is 1. The van der Waals surface area contributed by atoms with Crippen LogP contribution in [0.3, 0.4) is 0 Å². The van der Waals surface area contributed by atoms with Gasteiger partial charge in [0, 0.05) is 18.8 Å². The van der Waals surface area contributed by atoms with Crippen molar-refractivity contribution in [1.82, 2.24) is 10.3 Å². The highest BCUT2D eigenvalue weighted by molar-refractivity contribution is 5.93. The second-order valence-electron chi connectivity index (χ2n) is 3.52. The Bertz CT molecular complexity index is 520. The van der Waals surface area contributed by atoms with Crippen LogP contribution < -0.4 is 5.32 Å². The van der Waals surface area contributed by atoms with E-state index < -0.39 is 0 Å².